The van der Waals surface area contributed by atoms with Gasteiger partial charge in [0.2, 0.25) is 0 Å². The van der Waals surface area contributed by atoms with E-state index in [-0.39, 0.29) is 5.75 Å². The molecule has 0 saturated carbocycles. The number of ether oxygens (including phenoxy) is 1. The lowest BCUT2D eigenvalue weighted by molar-refractivity contribution is -0.145. The largest absolute Gasteiger partial charge is 0.479 e. The van der Waals surface area contributed by atoms with Crippen LogP contribution in [0.2, 0.25) is 0 Å². The summed E-state index contributed by atoms with van der Waals surface area (Å²) in [6, 6.07) is 3.99. The summed E-state index contributed by atoms with van der Waals surface area (Å²) in [5.41, 5.74) is 0.419. The van der Waals surface area contributed by atoms with Gasteiger partial charge in [-0.2, -0.15) is 0 Å². The van der Waals surface area contributed by atoms with Crippen molar-refractivity contribution in [2.45, 2.75) is 38.9 Å². The third-order valence-electron chi connectivity index (χ3n) is 2.53. The van der Waals surface area contributed by atoms with Gasteiger partial charge < -0.3 is 14.9 Å². The van der Waals surface area contributed by atoms with Crippen molar-refractivity contribution in [2.24, 2.45) is 0 Å². The SMILES string of the molecule is CCCC(Oc1ccc(C(C)O)cc1F)C(=O)O. The molecule has 0 heterocycles. The minimum Gasteiger partial charge on any atom is -0.479 e. The molecule has 0 fully saturated rings. The summed E-state index contributed by atoms with van der Waals surface area (Å²) in [7, 11) is 0. The maximum Gasteiger partial charge on any atom is 0.344 e. The Morgan fingerprint density at radius 2 is 2.17 bits per heavy atom. The third-order valence-corrected chi connectivity index (χ3v) is 2.53. The van der Waals surface area contributed by atoms with Gasteiger partial charge in [0.05, 0.1) is 6.10 Å². The van der Waals surface area contributed by atoms with Crippen LogP contribution in [0.3, 0.4) is 0 Å². The van der Waals surface area contributed by atoms with Crippen LogP contribution in [0.15, 0.2) is 18.2 Å². The van der Waals surface area contributed by atoms with Gasteiger partial charge in [-0.05, 0) is 31.0 Å². The molecule has 0 aliphatic heterocycles. The topological polar surface area (TPSA) is 66.8 Å². The summed E-state index contributed by atoms with van der Waals surface area (Å²) in [5.74, 6) is -1.90. The van der Waals surface area contributed by atoms with Gasteiger partial charge in [-0.15, -0.1) is 0 Å². The Kier molecular flexibility index (Phi) is 5.09. The molecule has 0 aliphatic rings. The van der Waals surface area contributed by atoms with Crippen molar-refractivity contribution in [3.8, 4) is 5.75 Å². The molecule has 18 heavy (non-hydrogen) atoms. The van der Waals surface area contributed by atoms with Crippen molar-refractivity contribution in [1.82, 2.24) is 0 Å². The van der Waals surface area contributed by atoms with E-state index in [1.807, 2.05) is 6.92 Å². The molecule has 100 valence electrons. The van der Waals surface area contributed by atoms with Crippen LogP contribution in [0.4, 0.5) is 4.39 Å². The maximum absolute atomic E-state index is 13.6. The van der Waals surface area contributed by atoms with E-state index >= 15 is 0 Å². The number of halogens is 1. The second-order valence-electron chi connectivity index (χ2n) is 4.10. The van der Waals surface area contributed by atoms with Gasteiger partial charge in [-0.3, -0.25) is 0 Å². The smallest absolute Gasteiger partial charge is 0.344 e. The molecule has 0 aromatic heterocycles. The van der Waals surface area contributed by atoms with Gasteiger partial charge in [0.15, 0.2) is 17.7 Å². The summed E-state index contributed by atoms with van der Waals surface area (Å²) in [6.07, 6.45) is -0.890. The molecule has 5 heteroatoms. The number of carboxylic acid groups (broad SMARTS) is 1. The first-order valence-electron chi connectivity index (χ1n) is 5.82. The van der Waals surface area contributed by atoms with E-state index in [4.69, 9.17) is 9.84 Å². The molecule has 0 saturated heterocycles. The molecule has 1 rings (SSSR count). The third kappa shape index (κ3) is 3.70. The quantitative estimate of drug-likeness (QED) is 0.820. The number of hydrogen-bond acceptors (Lipinski definition) is 3. The summed E-state index contributed by atoms with van der Waals surface area (Å²) in [4.78, 5) is 10.9. The molecule has 4 nitrogen and oxygen atoms in total. The number of benzene rings is 1. The van der Waals surface area contributed by atoms with Gasteiger partial charge in [0.25, 0.3) is 0 Å². The van der Waals surface area contributed by atoms with Crippen LogP contribution in [0.5, 0.6) is 5.75 Å². The summed E-state index contributed by atoms with van der Waals surface area (Å²) >= 11 is 0. The fourth-order valence-electron chi connectivity index (χ4n) is 1.52. The van der Waals surface area contributed by atoms with Crippen LogP contribution < -0.4 is 4.74 Å². The van der Waals surface area contributed by atoms with Crippen molar-refractivity contribution in [2.75, 3.05) is 0 Å². The highest BCUT2D eigenvalue weighted by Crippen LogP contribution is 2.23. The van der Waals surface area contributed by atoms with Gasteiger partial charge in [-0.1, -0.05) is 19.4 Å². The first-order chi connectivity index (χ1) is 8.45. The zero-order valence-corrected chi connectivity index (χ0v) is 10.4. The van der Waals surface area contributed by atoms with Gasteiger partial charge in [0, 0.05) is 0 Å². The number of aliphatic carboxylic acids is 1. The van der Waals surface area contributed by atoms with Crippen LogP contribution >= 0.6 is 0 Å². The molecule has 0 radical (unpaired) electrons. The lowest BCUT2D eigenvalue weighted by Crippen LogP contribution is -2.27. The second kappa shape index (κ2) is 6.35. The molecular weight excluding hydrogens is 239 g/mol. The molecule has 0 bridgehead atoms. The minimum absolute atomic E-state index is 0.111. The normalized spacial score (nSPS) is 14.0. The van der Waals surface area contributed by atoms with Crippen LogP contribution in [-0.4, -0.2) is 22.3 Å². The van der Waals surface area contributed by atoms with E-state index in [1.54, 1.807) is 0 Å². The predicted octanol–water partition coefficient (Wildman–Crippen LogP) is 2.51. The number of carbonyl (C=O) groups is 1. The van der Waals surface area contributed by atoms with Crippen molar-refractivity contribution < 1.29 is 24.1 Å². The number of aliphatic hydroxyl groups is 1. The zero-order valence-electron chi connectivity index (χ0n) is 10.4. The Labute approximate surface area is 105 Å². The van der Waals surface area contributed by atoms with Crippen LogP contribution in [0.25, 0.3) is 0 Å². The number of rotatable bonds is 6. The van der Waals surface area contributed by atoms with Gasteiger partial charge in [-0.25, -0.2) is 9.18 Å². The van der Waals surface area contributed by atoms with Crippen molar-refractivity contribution >= 4 is 5.97 Å². The van der Waals surface area contributed by atoms with Crippen LogP contribution in [-0.2, 0) is 4.79 Å². The summed E-state index contributed by atoms with van der Waals surface area (Å²) in [6.45, 7) is 3.35. The molecule has 1 aromatic rings. The molecule has 2 N–H and O–H groups in total. The fourth-order valence-corrected chi connectivity index (χ4v) is 1.52. The van der Waals surface area contributed by atoms with E-state index in [0.717, 1.165) is 6.07 Å². The number of aliphatic hydroxyl groups excluding tert-OH is 1. The molecular formula is C13H17FO4. The summed E-state index contributed by atoms with van der Waals surface area (Å²) < 4.78 is 18.8. The van der Waals surface area contributed by atoms with E-state index in [2.05, 4.69) is 0 Å². The number of carboxylic acids is 1. The average Bonchev–Trinajstić information content (AvgIpc) is 2.30. The molecule has 0 aliphatic carbocycles. The lowest BCUT2D eigenvalue weighted by atomic mass is 10.1. The highest BCUT2D eigenvalue weighted by Gasteiger charge is 2.20. The van der Waals surface area contributed by atoms with Crippen molar-refractivity contribution in [3.05, 3.63) is 29.6 Å². The maximum atomic E-state index is 13.6. The molecule has 1 aromatic carbocycles. The lowest BCUT2D eigenvalue weighted by Gasteiger charge is -2.15. The average molecular weight is 256 g/mol. The van der Waals surface area contributed by atoms with E-state index in [9.17, 15) is 14.3 Å². The van der Waals surface area contributed by atoms with E-state index in [0.29, 0.717) is 18.4 Å². The van der Waals surface area contributed by atoms with Crippen LogP contribution in [0, 0.1) is 5.82 Å². The van der Waals surface area contributed by atoms with E-state index < -0.39 is 24.0 Å². The van der Waals surface area contributed by atoms with Crippen LogP contribution in [0.1, 0.15) is 38.4 Å². The Bertz CT molecular complexity index is 417. The monoisotopic (exact) mass is 256 g/mol. The standard InChI is InChI=1S/C13H17FO4/c1-3-4-12(13(16)17)18-11-6-5-9(8(2)15)7-10(11)14/h5-8,12,15H,3-4H2,1-2H3,(H,16,17). The highest BCUT2D eigenvalue weighted by atomic mass is 19.1. The Hall–Kier alpha value is -1.62. The van der Waals surface area contributed by atoms with Crippen molar-refractivity contribution in [3.63, 3.8) is 0 Å². The first kappa shape index (κ1) is 14.4. The number of hydrogen-bond donors (Lipinski definition) is 2. The zero-order chi connectivity index (χ0) is 13.7. The minimum atomic E-state index is -1.11. The first-order valence-corrected chi connectivity index (χ1v) is 5.82. The van der Waals surface area contributed by atoms with Gasteiger partial charge in [0.1, 0.15) is 0 Å². The summed E-state index contributed by atoms with van der Waals surface area (Å²) in [5, 5.41) is 18.2. The Morgan fingerprint density at radius 3 is 2.61 bits per heavy atom. The van der Waals surface area contributed by atoms with Crippen molar-refractivity contribution in [1.29, 1.82) is 0 Å². The van der Waals surface area contributed by atoms with Gasteiger partial charge >= 0.3 is 5.97 Å². The second-order valence-corrected chi connectivity index (χ2v) is 4.10. The molecule has 2 atom stereocenters. The predicted molar refractivity (Wildman–Crippen MR) is 64.0 cm³/mol. The molecule has 0 amide bonds. The molecule has 2 unspecified atom stereocenters. The van der Waals surface area contributed by atoms with E-state index in [1.165, 1.54) is 19.1 Å². The highest BCUT2D eigenvalue weighted by molar-refractivity contribution is 5.72. The Morgan fingerprint density at radius 1 is 1.50 bits per heavy atom. The fraction of sp³-hybridized carbons (Fsp3) is 0.462. The molecule has 0 spiro atoms. The Balaban J connectivity index is 2.86.